The summed E-state index contributed by atoms with van der Waals surface area (Å²) >= 11 is 3.45. The molecule has 2 bridgehead atoms. The molecule has 1 heterocycles. The lowest BCUT2D eigenvalue weighted by atomic mass is 9.65. The smallest absolute Gasteiger partial charge is 0.254 e. The number of pyridine rings is 1. The third-order valence-corrected chi connectivity index (χ3v) is 7.01. The van der Waals surface area contributed by atoms with Crippen LogP contribution in [0.1, 0.15) is 51.4 Å². The van der Waals surface area contributed by atoms with Gasteiger partial charge in [0.05, 0.1) is 16.0 Å². The van der Waals surface area contributed by atoms with Gasteiger partial charge in [-0.2, -0.15) is 0 Å². The molecule has 0 saturated heterocycles. The predicted molar refractivity (Wildman–Crippen MR) is 109 cm³/mol. The maximum atomic E-state index is 12.7. The Kier molecular flexibility index (Phi) is 5.67. The van der Waals surface area contributed by atoms with E-state index in [0.717, 1.165) is 55.8 Å². The molecule has 1 amide bonds. The quantitative estimate of drug-likeness (QED) is 0.723. The van der Waals surface area contributed by atoms with Crippen LogP contribution in [0.25, 0.3) is 0 Å². The van der Waals surface area contributed by atoms with Gasteiger partial charge in [0.2, 0.25) is 5.91 Å². The zero-order valence-corrected chi connectivity index (χ0v) is 17.9. The second-order valence-corrected chi connectivity index (χ2v) is 9.35. The third kappa shape index (κ3) is 3.91. The molecule has 0 aromatic carbocycles. The minimum Gasteiger partial charge on any atom is -0.489 e. The van der Waals surface area contributed by atoms with Gasteiger partial charge in [-0.3, -0.25) is 9.59 Å². The number of aromatic nitrogens is 1. The number of fused-ring (bicyclic) bond motifs is 1. The standard InChI is InChI=1S/C19H26BrN3O3.ClH/c1-23-9-14(20)15(8-16(23)24)26-13-4-2-12(3-5-13)22-17(25)18-6-7-19(21,10-18)11-18;/h8-9,12-13H,2-7,10-11,21H2,1H3,(H,22,25);1H/t12-,13-,18?,19?;. The average Bonchev–Trinajstić information content (AvgIpc) is 3.09. The third-order valence-electron chi connectivity index (χ3n) is 6.41. The Balaban J connectivity index is 0.00000210. The van der Waals surface area contributed by atoms with E-state index in [0.29, 0.717) is 5.75 Å². The van der Waals surface area contributed by atoms with Gasteiger partial charge in [-0.1, -0.05) is 0 Å². The zero-order chi connectivity index (χ0) is 18.5. The summed E-state index contributed by atoms with van der Waals surface area (Å²) in [6, 6.07) is 1.74. The summed E-state index contributed by atoms with van der Waals surface area (Å²) in [5.41, 5.74) is 5.86. The molecule has 4 saturated carbocycles. The molecule has 4 fully saturated rings. The summed E-state index contributed by atoms with van der Waals surface area (Å²) < 4.78 is 8.33. The Morgan fingerprint density at radius 2 is 1.96 bits per heavy atom. The molecule has 8 heteroatoms. The van der Waals surface area contributed by atoms with Crippen molar-refractivity contribution in [3.63, 3.8) is 0 Å². The fourth-order valence-electron chi connectivity index (χ4n) is 4.93. The number of nitrogens with one attached hydrogen (secondary N) is 1. The highest BCUT2D eigenvalue weighted by Crippen LogP contribution is 2.60. The number of rotatable bonds is 4. The van der Waals surface area contributed by atoms with Crippen molar-refractivity contribution < 1.29 is 9.53 Å². The van der Waals surface area contributed by atoms with Crippen LogP contribution in [0.4, 0.5) is 0 Å². The van der Waals surface area contributed by atoms with Gasteiger partial charge in [0.25, 0.3) is 5.56 Å². The molecule has 150 valence electrons. The molecule has 0 radical (unpaired) electrons. The van der Waals surface area contributed by atoms with E-state index in [9.17, 15) is 9.59 Å². The van der Waals surface area contributed by atoms with Crippen LogP contribution in [-0.2, 0) is 11.8 Å². The van der Waals surface area contributed by atoms with Gasteiger partial charge >= 0.3 is 0 Å². The fourth-order valence-corrected chi connectivity index (χ4v) is 5.44. The highest BCUT2D eigenvalue weighted by Gasteiger charge is 2.62. The number of hydrogen-bond acceptors (Lipinski definition) is 4. The van der Waals surface area contributed by atoms with Crippen LogP contribution >= 0.6 is 28.3 Å². The molecule has 4 aliphatic carbocycles. The topological polar surface area (TPSA) is 86.3 Å². The lowest BCUT2D eigenvalue weighted by molar-refractivity contribution is -0.136. The summed E-state index contributed by atoms with van der Waals surface area (Å²) in [5.74, 6) is 0.800. The Bertz CT molecular complexity index is 783. The fraction of sp³-hybridized carbons (Fsp3) is 0.684. The van der Waals surface area contributed by atoms with Crippen molar-refractivity contribution in [3.8, 4) is 5.75 Å². The minimum atomic E-state index is -0.183. The van der Waals surface area contributed by atoms with Crippen LogP contribution in [0.15, 0.2) is 21.5 Å². The van der Waals surface area contributed by atoms with Crippen LogP contribution in [0.3, 0.4) is 0 Å². The van der Waals surface area contributed by atoms with Gasteiger partial charge in [0.15, 0.2) is 0 Å². The molecule has 1 aromatic heterocycles. The molecular weight excluding hydrogens is 434 g/mol. The van der Waals surface area contributed by atoms with Crippen molar-refractivity contribution in [2.24, 2.45) is 18.2 Å². The molecule has 0 atom stereocenters. The maximum absolute atomic E-state index is 12.7. The van der Waals surface area contributed by atoms with Crippen molar-refractivity contribution in [2.45, 2.75) is 69.1 Å². The lowest BCUT2D eigenvalue weighted by Gasteiger charge is -2.44. The van der Waals surface area contributed by atoms with E-state index in [1.54, 1.807) is 13.2 Å². The molecule has 27 heavy (non-hydrogen) atoms. The van der Waals surface area contributed by atoms with Crippen molar-refractivity contribution >= 4 is 34.2 Å². The van der Waals surface area contributed by atoms with E-state index in [-0.39, 0.29) is 47.0 Å². The molecule has 4 aliphatic rings. The molecule has 0 aliphatic heterocycles. The summed E-state index contributed by atoms with van der Waals surface area (Å²) in [6.45, 7) is 0. The maximum Gasteiger partial charge on any atom is 0.254 e. The Labute approximate surface area is 173 Å². The summed E-state index contributed by atoms with van der Waals surface area (Å²) in [5, 5.41) is 3.26. The Morgan fingerprint density at radius 3 is 2.56 bits per heavy atom. The summed E-state index contributed by atoms with van der Waals surface area (Å²) in [4.78, 5) is 24.5. The number of hydrogen-bond donors (Lipinski definition) is 2. The second kappa shape index (κ2) is 7.41. The van der Waals surface area contributed by atoms with Gasteiger partial charge in [0, 0.05) is 30.9 Å². The number of aryl methyl sites for hydroxylation is 1. The zero-order valence-electron chi connectivity index (χ0n) is 15.5. The monoisotopic (exact) mass is 459 g/mol. The van der Waals surface area contributed by atoms with Crippen LogP contribution in [-0.4, -0.2) is 28.2 Å². The number of halogens is 2. The van der Waals surface area contributed by atoms with Gasteiger partial charge in [-0.25, -0.2) is 0 Å². The first kappa shape index (κ1) is 20.7. The first-order valence-electron chi connectivity index (χ1n) is 9.41. The summed E-state index contributed by atoms with van der Waals surface area (Å²) in [6.07, 6.45) is 8.98. The van der Waals surface area contributed by atoms with Gasteiger partial charge in [-0.15, -0.1) is 12.4 Å². The number of nitrogens with zero attached hydrogens (tertiary/aromatic N) is 1. The second-order valence-electron chi connectivity index (χ2n) is 8.50. The van der Waals surface area contributed by atoms with Crippen LogP contribution in [0.5, 0.6) is 5.75 Å². The van der Waals surface area contributed by atoms with Crippen molar-refractivity contribution in [3.05, 3.63) is 27.1 Å². The molecule has 5 rings (SSSR count). The number of carbonyl (C=O) groups excluding carboxylic acids is 1. The van der Waals surface area contributed by atoms with Crippen LogP contribution < -0.4 is 21.3 Å². The van der Waals surface area contributed by atoms with Crippen molar-refractivity contribution in [1.82, 2.24) is 9.88 Å². The molecule has 3 N–H and O–H groups in total. The Morgan fingerprint density at radius 1 is 1.30 bits per heavy atom. The van der Waals surface area contributed by atoms with Gasteiger partial charge in [-0.05, 0) is 67.3 Å². The SMILES string of the molecule is Cl.Cn1cc(Br)c(O[C@H]2CC[C@H](NC(=O)C34CCC(N)(C3)C4)CC2)cc1=O. The first-order chi connectivity index (χ1) is 12.3. The lowest BCUT2D eigenvalue weighted by Crippen LogP contribution is -2.57. The highest BCUT2D eigenvalue weighted by atomic mass is 79.9. The molecule has 6 nitrogen and oxygen atoms in total. The number of carbonyl (C=O) groups is 1. The van der Waals surface area contributed by atoms with E-state index in [4.69, 9.17) is 10.5 Å². The normalized spacial score (nSPS) is 34.3. The number of ether oxygens (including phenoxy) is 1. The van der Waals surface area contributed by atoms with E-state index >= 15 is 0 Å². The van der Waals surface area contributed by atoms with Crippen molar-refractivity contribution in [2.75, 3.05) is 0 Å². The highest BCUT2D eigenvalue weighted by molar-refractivity contribution is 9.10. The molecular formula is C19H27BrClN3O3. The molecule has 1 aromatic rings. The predicted octanol–water partition coefficient (Wildman–Crippen LogP) is 2.65. The van der Waals surface area contributed by atoms with Crippen LogP contribution in [0, 0.1) is 5.41 Å². The van der Waals surface area contributed by atoms with E-state index < -0.39 is 0 Å². The van der Waals surface area contributed by atoms with Gasteiger partial charge in [0.1, 0.15) is 5.75 Å². The first-order valence-corrected chi connectivity index (χ1v) is 10.2. The molecule has 0 unspecified atom stereocenters. The van der Waals surface area contributed by atoms with Crippen molar-refractivity contribution in [1.29, 1.82) is 0 Å². The van der Waals surface area contributed by atoms with E-state index in [2.05, 4.69) is 21.2 Å². The van der Waals surface area contributed by atoms with E-state index in [1.807, 2.05) is 0 Å². The van der Waals surface area contributed by atoms with Crippen LogP contribution in [0.2, 0.25) is 0 Å². The van der Waals surface area contributed by atoms with E-state index in [1.165, 1.54) is 10.6 Å². The molecule has 0 spiro atoms. The number of amides is 1. The minimum absolute atomic E-state index is 0. The van der Waals surface area contributed by atoms with Gasteiger partial charge < -0.3 is 20.4 Å². The largest absolute Gasteiger partial charge is 0.489 e. The number of nitrogens with two attached hydrogens (primary N) is 1. The average molecular weight is 461 g/mol. The Hall–Kier alpha value is -1.05. The summed E-state index contributed by atoms with van der Waals surface area (Å²) in [7, 11) is 1.71.